The Balaban J connectivity index is 1.50. The third kappa shape index (κ3) is 4.41. The minimum Gasteiger partial charge on any atom is -0.381 e. The number of aromatic amines is 1. The van der Waals surface area contributed by atoms with Crippen molar-refractivity contribution in [3.63, 3.8) is 0 Å². The molecule has 3 aliphatic rings. The van der Waals surface area contributed by atoms with E-state index in [1.807, 2.05) is 9.80 Å². The fourth-order valence-corrected chi connectivity index (χ4v) is 4.74. The number of ether oxygens (including phenoxy) is 2. The Morgan fingerprint density at radius 2 is 1.87 bits per heavy atom. The van der Waals surface area contributed by atoms with Crippen LogP contribution in [0.15, 0.2) is 4.79 Å². The van der Waals surface area contributed by atoms with Gasteiger partial charge in [-0.05, 0) is 26.7 Å². The maximum absolute atomic E-state index is 13.2. The van der Waals surface area contributed by atoms with Crippen LogP contribution >= 0.6 is 0 Å². The highest BCUT2D eigenvalue weighted by molar-refractivity contribution is 5.81. The molecule has 2 bridgehead atoms. The Morgan fingerprint density at radius 1 is 1.10 bits per heavy atom. The number of nitrogens with zero attached hydrogens (tertiary/aromatic N) is 3. The Morgan fingerprint density at radius 3 is 2.60 bits per heavy atom. The third-order valence-corrected chi connectivity index (χ3v) is 6.34. The van der Waals surface area contributed by atoms with Crippen LogP contribution in [0.4, 0.5) is 0 Å². The molecule has 0 unspecified atom stereocenters. The number of amides is 2. The molecule has 0 radical (unpaired) electrons. The molecule has 0 aromatic carbocycles. The zero-order valence-electron chi connectivity index (χ0n) is 17.7. The summed E-state index contributed by atoms with van der Waals surface area (Å²) in [5.41, 5.74) is 0.717. The molecule has 4 rings (SSSR count). The zero-order valence-corrected chi connectivity index (χ0v) is 17.7. The van der Waals surface area contributed by atoms with Crippen LogP contribution in [0.25, 0.3) is 0 Å². The molecule has 2 atom stereocenters. The first-order chi connectivity index (χ1) is 14.4. The molecule has 2 amide bonds. The predicted octanol–water partition coefficient (Wildman–Crippen LogP) is 0.0416. The van der Waals surface area contributed by atoms with Crippen molar-refractivity contribution in [2.24, 2.45) is 11.8 Å². The van der Waals surface area contributed by atoms with E-state index in [0.29, 0.717) is 63.1 Å². The largest absolute Gasteiger partial charge is 0.381 e. The zero-order chi connectivity index (χ0) is 21.3. The molecule has 30 heavy (non-hydrogen) atoms. The first-order valence-electron chi connectivity index (χ1n) is 10.7. The molecule has 1 aromatic heterocycles. The number of nitrogens with one attached hydrogen (secondary N) is 1. The van der Waals surface area contributed by atoms with Gasteiger partial charge in [-0.3, -0.25) is 14.4 Å². The first-order valence-corrected chi connectivity index (χ1v) is 10.7. The topological polar surface area (TPSA) is 105 Å². The van der Waals surface area contributed by atoms with E-state index < -0.39 is 0 Å². The third-order valence-electron chi connectivity index (χ3n) is 6.34. The second-order valence-corrected chi connectivity index (χ2v) is 8.63. The monoisotopic (exact) mass is 418 g/mol. The quantitative estimate of drug-likeness (QED) is 0.743. The van der Waals surface area contributed by atoms with Gasteiger partial charge in [-0.15, -0.1) is 0 Å². The number of hydrogen-bond acceptors (Lipinski definition) is 6. The number of H-pyrrole nitrogens is 1. The highest BCUT2D eigenvalue weighted by Crippen LogP contribution is 2.24. The average Bonchev–Trinajstić information content (AvgIpc) is 3.02. The Kier molecular flexibility index (Phi) is 6.19. The van der Waals surface area contributed by atoms with Gasteiger partial charge in [-0.1, -0.05) is 0 Å². The van der Waals surface area contributed by atoms with Crippen LogP contribution in [0.1, 0.15) is 29.9 Å². The average molecular weight is 418 g/mol. The van der Waals surface area contributed by atoms with Crippen LogP contribution in [-0.2, 0) is 25.5 Å². The standard InChI is InChI=1S/C21H30N4O5/c1-13-18(20(27)23-14(2)22-13)7-19(26)25-9-15-8-24(10-17(25)12-30-11-15)21(28)16-3-5-29-6-4-16/h15-17H,3-12H2,1-2H3,(H,22,23,27)/t15-,17-/m0/s1. The molecular formula is C21H30N4O5. The van der Waals surface area contributed by atoms with Crippen molar-refractivity contribution in [1.29, 1.82) is 0 Å². The van der Waals surface area contributed by atoms with Gasteiger partial charge < -0.3 is 24.3 Å². The molecule has 1 aromatic rings. The van der Waals surface area contributed by atoms with Gasteiger partial charge in [0.05, 0.1) is 25.7 Å². The van der Waals surface area contributed by atoms with E-state index >= 15 is 0 Å². The van der Waals surface area contributed by atoms with Crippen LogP contribution in [0.5, 0.6) is 0 Å². The molecule has 1 N–H and O–H groups in total. The summed E-state index contributed by atoms with van der Waals surface area (Å²) in [5.74, 6) is 0.660. The van der Waals surface area contributed by atoms with Gasteiger partial charge in [0.1, 0.15) is 5.82 Å². The second kappa shape index (κ2) is 8.85. The van der Waals surface area contributed by atoms with E-state index in [4.69, 9.17) is 9.47 Å². The summed E-state index contributed by atoms with van der Waals surface area (Å²) in [7, 11) is 0. The molecule has 3 saturated heterocycles. The summed E-state index contributed by atoms with van der Waals surface area (Å²) in [6, 6.07) is -0.202. The summed E-state index contributed by atoms with van der Waals surface area (Å²) >= 11 is 0. The maximum Gasteiger partial charge on any atom is 0.254 e. The van der Waals surface area contributed by atoms with Gasteiger partial charge in [0.2, 0.25) is 11.8 Å². The second-order valence-electron chi connectivity index (χ2n) is 8.63. The van der Waals surface area contributed by atoms with Crippen molar-refractivity contribution in [3.05, 3.63) is 27.4 Å². The van der Waals surface area contributed by atoms with E-state index in [9.17, 15) is 14.4 Å². The summed E-state index contributed by atoms with van der Waals surface area (Å²) < 4.78 is 11.2. The van der Waals surface area contributed by atoms with E-state index in [1.54, 1.807) is 13.8 Å². The van der Waals surface area contributed by atoms with E-state index in [1.165, 1.54) is 0 Å². The van der Waals surface area contributed by atoms with Gasteiger partial charge in [0.25, 0.3) is 5.56 Å². The smallest absolute Gasteiger partial charge is 0.254 e. The predicted molar refractivity (Wildman–Crippen MR) is 108 cm³/mol. The molecule has 0 saturated carbocycles. The van der Waals surface area contributed by atoms with Crippen molar-refractivity contribution in [2.75, 3.05) is 46.1 Å². The lowest BCUT2D eigenvalue weighted by Crippen LogP contribution is -2.49. The highest BCUT2D eigenvalue weighted by Gasteiger charge is 2.39. The maximum atomic E-state index is 13.2. The lowest BCUT2D eigenvalue weighted by atomic mass is 9.98. The minimum absolute atomic E-state index is 0.00230. The number of carbonyl (C=O) groups excluding carboxylic acids is 2. The molecule has 9 heteroatoms. The number of fused-ring (bicyclic) bond motifs is 3. The summed E-state index contributed by atoms with van der Waals surface area (Å²) in [6.07, 6.45) is 1.52. The van der Waals surface area contributed by atoms with Crippen molar-refractivity contribution in [3.8, 4) is 0 Å². The van der Waals surface area contributed by atoms with Crippen LogP contribution in [-0.4, -0.2) is 83.7 Å². The minimum atomic E-state index is -0.265. The molecule has 0 spiro atoms. The van der Waals surface area contributed by atoms with Crippen molar-refractivity contribution < 1.29 is 19.1 Å². The van der Waals surface area contributed by atoms with Crippen molar-refractivity contribution >= 4 is 11.8 Å². The van der Waals surface area contributed by atoms with E-state index in [-0.39, 0.29) is 41.7 Å². The normalized spacial score (nSPS) is 25.1. The Bertz CT molecular complexity index is 863. The molecule has 164 valence electrons. The van der Waals surface area contributed by atoms with Crippen LogP contribution in [0.2, 0.25) is 0 Å². The summed E-state index contributed by atoms with van der Waals surface area (Å²) in [6.45, 7) is 7.28. The van der Waals surface area contributed by atoms with Gasteiger partial charge in [0, 0.05) is 55.9 Å². The van der Waals surface area contributed by atoms with Crippen molar-refractivity contribution in [2.45, 2.75) is 39.2 Å². The van der Waals surface area contributed by atoms with Crippen molar-refractivity contribution in [1.82, 2.24) is 19.8 Å². The SMILES string of the molecule is Cc1nc(C)c(CC(=O)N2C[C@H]3COC[C@@H]2CN(C(=O)C2CCOCC2)C3)c(=O)[nH]1. The first kappa shape index (κ1) is 21.0. The number of hydrogen-bond donors (Lipinski definition) is 1. The molecule has 4 heterocycles. The van der Waals surface area contributed by atoms with Gasteiger partial charge in [-0.2, -0.15) is 0 Å². The summed E-state index contributed by atoms with van der Waals surface area (Å²) in [5, 5.41) is 0. The Labute approximate surface area is 175 Å². The van der Waals surface area contributed by atoms with Crippen LogP contribution in [0, 0.1) is 25.7 Å². The number of aryl methyl sites for hydroxylation is 2. The molecule has 0 aliphatic carbocycles. The van der Waals surface area contributed by atoms with Gasteiger partial charge in [0.15, 0.2) is 0 Å². The number of aromatic nitrogens is 2. The fraction of sp³-hybridized carbons (Fsp3) is 0.714. The lowest BCUT2D eigenvalue weighted by molar-refractivity contribution is -0.141. The molecule has 3 aliphatic heterocycles. The van der Waals surface area contributed by atoms with E-state index in [0.717, 1.165) is 12.8 Å². The van der Waals surface area contributed by atoms with Crippen LogP contribution in [0.3, 0.4) is 0 Å². The Hall–Kier alpha value is -2.26. The lowest BCUT2D eigenvalue weighted by Gasteiger charge is -2.34. The molecular weight excluding hydrogens is 388 g/mol. The van der Waals surface area contributed by atoms with Crippen LogP contribution < -0.4 is 5.56 Å². The van der Waals surface area contributed by atoms with E-state index in [2.05, 4.69) is 9.97 Å². The number of rotatable bonds is 3. The summed E-state index contributed by atoms with van der Waals surface area (Å²) in [4.78, 5) is 49.3. The molecule has 9 nitrogen and oxygen atoms in total. The molecule has 3 fully saturated rings. The van der Waals surface area contributed by atoms with Gasteiger partial charge in [-0.25, -0.2) is 4.98 Å². The highest BCUT2D eigenvalue weighted by atomic mass is 16.5. The number of carbonyl (C=O) groups is 2. The van der Waals surface area contributed by atoms with Gasteiger partial charge >= 0.3 is 0 Å². The fourth-order valence-electron chi connectivity index (χ4n) is 4.74.